The Morgan fingerprint density at radius 3 is 2.68 bits per heavy atom. The highest BCUT2D eigenvalue weighted by molar-refractivity contribution is 5.92. The number of carbonyl (C=O) groups excluding carboxylic acids is 1. The first-order valence-electron chi connectivity index (χ1n) is 7.25. The van der Waals surface area contributed by atoms with Gasteiger partial charge in [0.05, 0.1) is 19.3 Å². The Bertz CT molecular complexity index is 607. The summed E-state index contributed by atoms with van der Waals surface area (Å²) >= 11 is 0. The second-order valence-corrected chi connectivity index (χ2v) is 5.20. The maximum atomic E-state index is 12.0. The minimum absolute atomic E-state index is 0.0458. The minimum atomic E-state index is -0.0458. The van der Waals surface area contributed by atoms with Crippen LogP contribution in [0.5, 0.6) is 5.75 Å². The van der Waals surface area contributed by atoms with Gasteiger partial charge < -0.3 is 10.1 Å². The van der Waals surface area contributed by atoms with Gasteiger partial charge in [-0.1, -0.05) is 0 Å². The SMILES string of the molecule is CCOc1ccc(NC(=O)CN(C)Cc2cnn(C)c2)cc1. The smallest absolute Gasteiger partial charge is 0.238 e. The van der Waals surface area contributed by atoms with Gasteiger partial charge in [0, 0.05) is 31.0 Å². The lowest BCUT2D eigenvalue weighted by Crippen LogP contribution is -2.29. The molecule has 1 N–H and O–H groups in total. The first-order chi connectivity index (χ1) is 10.6. The van der Waals surface area contributed by atoms with Gasteiger partial charge in [0.1, 0.15) is 5.75 Å². The normalized spacial score (nSPS) is 10.7. The molecule has 22 heavy (non-hydrogen) atoms. The molecule has 0 unspecified atom stereocenters. The van der Waals surface area contributed by atoms with Crippen LogP contribution in [0.4, 0.5) is 5.69 Å². The molecule has 0 bridgehead atoms. The number of amides is 1. The van der Waals surface area contributed by atoms with Gasteiger partial charge >= 0.3 is 0 Å². The maximum absolute atomic E-state index is 12.0. The average Bonchev–Trinajstić information content (AvgIpc) is 2.86. The van der Waals surface area contributed by atoms with Crippen molar-refractivity contribution < 1.29 is 9.53 Å². The standard InChI is InChI=1S/C16H22N4O2/c1-4-22-15-7-5-14(6-8-15)18-16(21)12-19(2)10-13-9-17-20(3)11-13/h5-9,11H,4,10,12H2,1-3H3,(H,18,21). The summed E-state index contributed by atoms with van der Waals surface area (Å²) in [5.41, 5.74) is 1.85. The molecule has 0 radical (unpaired) electrons. The molecular weight excluding hydrogens is 280 g/mol. The Kier molecular flexibility index (Phi) is 5.55. The van der Waals surface area contributed by atoms with Crippen LogP contribution in [-0.4, -0.2) is 40.8 Å². The van der Waals surface area contributed by atoms with Gasteiger partial charge in [-0.3, -0.25) is 14.4 Å². The lowest BCUT2D eigenvalue weighted by Gasteiger charge is -2.15. The highest BCUT2D eigenvalue weighted by atomic mass is 16.5. The van der Waals surface area contributed by atoms with Crippen LogP contribution in [0.15, 0.2) is 36.7 Å². The Balaban J connectivity index is 1.81. The van der Waals surface area contributed by atoms with Crippen molar-refractivity contribution in [3.63, 3.8) is 0 Å². The molecule has 0 aliphatic rings. The van der Waals surface area contributed by atoms with Crippen LogP contribution in [0.25, 0.3) is 0 Å². The van der Waals surface area contributed by atoms with Gasteiger partial charge in [0.2, 0.25) is 5.91 Å². The van der Waals surface area contributed by atoms with Crippen LogP contribution in [0, 0.1) is 0 Å². The molecule has 2 aromatic rings. The number of aryl methyl sites for hydroxylation is 1. The number of carbonyl (C=O) groups is 1. The molecule has 2 rings (SSSR count). The van der Waals surface area contributed by atoms with E-state index in [0.29, 0.717) is 19.7 Å². The average molecular weight is 302 g/mol. The van der Waals surface area contributed by atoms with Crippen molar-refractivity contribution in [1.29, 1.82) is 0 Å². The molecule has 0 aliphatic carbocycles. The largest absolute Gasteiger partial charge is 0.494 e. The molecule has 1 amide bonds. The van der Waals surface area contributed by atoms with E-state index in [1.54, 1.807) is 10.9 Å². The quantitative estimate of drug-likeness (QED) is 0.848. The molecule has 1 aromatic carbocycles. The van der Waals surface area contributed by atoms with E-state index in [2.05, 4.69) is 10.4 Å². The van der Waals surface area contributed by atoms with Crippen LogP contribution < -0.4 is 10.1 Å². The fourth-order valence-electron chi connectivity index (χ4n) is 2.17. The van der Waals surface area contributed by atoms with E-state index in [0.717, 1.165) is 17.0 Å². The molecular formula is C16H22N4O2. The number of hydrogen-bond donors (Lipinski definition) is 1. The molecule has 0 spiro atoms. The van der Waals surface area contributed by atoms with Crippen molar-refractivity contribution in [2.45, 2.75) is 13.5 Å². The molecule has 0 aliphatic heterocycles. The van der Waals surface area contributed by atoms with Crippen LogP contribution in [0.2, 0.25) is 0 Å². The van der Waals surface area contributed by atoms with Crippen molar-refractivity contribution in [2.24, 2.45) is 7.05 Å². The van der Waals surface area contributed by atoms with E-state index in [4.69, 9.17) is 4.74 Å². The highest BCUT2D eigenvalue weighted by Gasteiger charge is 2.08. The third-order valence-corrected chi connectivity index (χ3v) is 3.07. The number of anilines is 1. The molecule has 6 nitrogen and oxygen atoms in total. The topological polar surface area (TPSA) is 59.4 Å². The number of rotatable bonds is 7. The number of nitrogens with one attached hydrogen (secondary N) is 1. The first-order valence-corrected chi connectivity index (χ1v) is 7.25. The molecule has 1 aromatic heterocycles. The van der Waals surface area contributed by atoms with Gasteiger partial charge in [0.25, 0.3) is 0 Å². The van der Waals surface area contributed by atoms with Crippen LogP contribution in [-0.2, 0) is 18.4 Å². The van der Waals surface area contributed by atoms with E-state index in [9.17, 15) is 4.79 Å². The number of aromatic nitrogens is 2. The monoisotopic (exact) mass is 302 g/mol. The second-order valence-electron chi connectivity index (χ2n) is 5.20. The Hall–Kier alpha value is -2.34. The van der Waals surface area contributed by atoms with Gasteiger partial charge in [-0.05, 0) is 38.2 Å². The Morgan fingerprint density at radius 1 is 1.36 bits per heavy atom. The van der Waals surface area contributed by atoms with Crippen LogP contribution >= 0.6 is 0 Å². The Labute approximate surface area is 130 Å². The minimum Gasteiger partial charge on any atom is -0.494 e. The zero-order chi connectivity index (χ0) is 15.9. The predicted molar refractivity (Wildman–Crippen MR) is 85.8 cm³/mol. The number of ether oxygens (including phenoxy) is 1. The fraction of sp³-hybridized carbons (Fsp3) is 0.375. The molecule has 0 saturated carbocycles. The first kappa shape index (κ1) is 16.0. The van der Waals surface area contributed by atoms with E-state index in [-0.39, 0.29) is 5.91 Å². The van der Waals surface area contributed by atoms with E-state index in [1.165, 1.54) is 0 Å². The third-order valence-electron chi connectivity index (χ3n) is 3.07. The lowest BCUT2D eigenvalue weighted by atomic mass is 10.3. The lowest BCUT2D eigenvalue weighted by molar-refractivity contribution is -0.117. The van der Waals surface area contributed by atoms with E-state index in [1.807, 2.05) is 56.4 Å². The number of hydrogen-bond acceptors (Lipinski definition) is 4. The summed E-state index contributed by atoms with van der Waals surface area (Å²) in [6.45, 7) is 3.57. The van der Waals surface area contributed by atoms with Crippen molar-refractivity contribution in [3.05, 3.63) is 42.2 Å². The summed E-state index contributed by atoms with van der Waals surface area (Å²) in [5.74, 6) is 0.754. The zero-order valence-electron chi connectivity index (χ0n) is 13.2. The van der Waals surface area contributed by atoms with Crippen molar-refractivity contribution in [3.8, 4) is 5.75 Å². The van der Waals surface area contributed by atoms with Crippen LogP contribution in [0.3, 0.4) is 0 Å². The van der Waals surface area contributed by atoms with Gasteiger partial charge in [-0.25, -0.2) is 0 Å². The molecule has 0 saturated heterocycles. The Morgan fingerprint density at radius 2 is 2.09 bits per heavy atom. The van der Waals surface area contributed by atoms with Crippen LogP contribution in [0.1, 0.15) is 12.5 Å². The summed E-state index contributed by atoms with van der Waals surface area (Å²) in [7, 11) is 3.78. The zero-order valence-corrected chi connectivity index (χ0v) is 13.2. The predicted octanol–water partition coefficient (Wildman–Crippen LogP) is 1.89. The molecule has 0 fully saturated rings. The highest BCUT2D eigenvalue weighted by Crippen LogP contribution is 2.15. The molecule has 118 valence electrons. The number of likely N-dealkylation sites (N-methyl/N-ethyl adjacent to an activating group) is 1. The summed E-state index contributed by atoms with van der Waals surface area (Å²) in [6, 6.07) is 7.37. The molecule has 1 heterocycles. The van der Waals surface area contributed by atoms with E-state index < -0.39 is 0 Å². The molecule has 0 atom stereocenters. The second kappa shape index (κ2) is 7.61. The number of nitrogens with zero attached hydrogens (tertiary/aromatic N) is 3. The molecule has 6 heteroatoms. The maximum Gasteiger partial charge on any atom is 0.238 e. The summed E-state index contributed by atoms with van der Waals surface area (Å²) in [6.07, 6.45) is 3.75. The fourth-order valence-corrected chi connectivity index (χ4v) is 2.17. The number of benzene rings is 1. The van der Waals surface area contributed by atoms with E-state index >= 15 is 0 Å². The van der Waals surface area contributed by atoms with Crippen molar-refractivity contribution in [1.82, 2.24) is 14.7 Å². The summed E-state index contributed by atoms with van der Waals surface area (Å²) in [4.78, 5) is 14.0. The van der Waals surface area contributed by atoms with Gasteiger partial charge in [-0.15, -0.1) is 0 Å². The van der Waals surface area contributed by atoms with Crippen molar-refractivity contribution >= 4 is 11.6 Å². The third kappa shape index (κ3) is 4.89. The summed E-state index contributed by atoms with van der Waals surface area (Å²) in [5, 5.41) is 6.99. The van der Waals surface area contributed by atoms with Gasteiger partial charge in [-0.2, -0.15) is 5.10 Å². The van der Waals surface area contributed by atoms with Gasteiger partial charge in [0.15, 0.2) is 0 Å². The summed E-state index contributed by atoms with van der Waals surface area (Å²) < 4.78 is 7.12. The van der Waals surface area contributed by atoms with Crippen molar-refractivity contribution in [2.75, 3.05) is 25.5 Å².